The number of rotatable bonds is 7. The Kier molecular flexibility index (Phi) is 9.98. The summed E-state index contributed by atoms with van der Waals surface area (Å²) in [6.07, 6.45) is -3.89. The van der Waals surface area contributed by atoms with Gasteiger partial charge in [0.25, 0.3) is 18.2 Å². The Morgan fingerprint density at radius 2 is 1.66 bits per heavy atom. The number of alkyl halides is 6. The van der Waals surface area contributed by atoms with Crippen molar-refractivity contribution in [2.75, 3.05) is 18.5 Å². The van der Waals surface area contributed by atoms with Gasteiger partial charge in [0, 0.05) is 48.2 Å². The molecule has 0 atom stereocenters. The third kappa shape index (κ3) is 8.37. The number of fused-ring (bicyclic) bond motifs is 1. The van der Waals surface area contributed by atoms with Gasteiger partial charge in [0.2, 0.25) is 0 Å². The number of benzene rings is 2. The molecule has 2 amide bonds. The van der Waals surface area contributed by atoms with Crippen LogP contribution in [-0.2, 0) is 22.3 Å². The highest BCUT2D eigenvalue weighted by Gasteiger charge is 2.30. The molecule has 0 spiro atoms. The molecule has 13 heteroatoms. The minimum atomic E-state index is -4.45. The largest absolute Gasteiger partial charge is 0.416 e. The van der Waals surface area contributed by atoms with Gasteiger partial charge in [-0.3, -0.25) is 14.6 Å². The van der Waals surface area contributed by atoms with Gasteiger partial charge in [-0.15, -0.1) is 0 Å². The van der Waals surface area contributed by atoms with Crippen molar-refractivity contribution in [3.05, 3.63) is 83.2 Å². The van der Waals surface area contributed by atoms with Gasteiger partial charge >= 0.3 is 6.18 Å². The summed E-state index contributed by atoms with van der Waals surface area (Å²) in [6, 6.07) is 12.1. The number of hydrogen-bond donors (Lipinski definition) is 3. The van der Waals surface area contributed by atoms with Crippen LogP contribution in [0, 0.1) is 0 Å². The van der Waals surface area contributed by atoms with E-state index in [1.807, 2.05) is 0 Å². The van der Waals surface area contributed by atoms with E-state index in [1.165, 1.54) is 31.0 Å². The molecule has 44 heavy (non-hydrogen) atoms. The highest BCUT2D eigenvalue weighted by Crippen LogP contribution is 2.32. The van der Waals surface area contributed by atoms with Crippen molar-refractivity contribution in [1.29, 1.82) is 0 Å². The molecule has 0 saturated carbocycles. The zero-order chi connectivity index (χ0) is 32.1. The van der Waals surface area contributed by atoms with Crippen molar-refractivity contribution in [2.45, 2.75) is 51.5 Å². The van der Waals surface area contributed by atoms with Crippen LogP contribution in [0.15, 0.2) is 60.8 Å². The molecule has 3 N–H and O–H groups in total. The number of pyridine rings is 1. The van der Waals surface area contributed by atoms with E-state index in [1.54, 1.807) is 18.2 Å². The Morgan fingerprint density at radius 3 is 2.23 bits per heavy atom. The average molecular weight is 621 g/mol. The summed E-state index contributed by atoms with van der Waals surface area (Å²) in [6.45, 7) is 3.89. The van der Waals surface area contributed by atoms with Gasteiger partial charge < -0.3 is 20.4 Å². The topological polar surface area (TPSA) is 96.1 Å². The average Bonchev–Trinajstić information content (AvgIpc) is 3.68. The van der Waals surface area contributed by atoms with Crippen molar-refractivity contribution < 1.29 is 40.7 Å². The van der Waals surface area contributed by atoms with Gasteiger partial charge in [-0.1, -0.05) is 12.1 Å². The van der Waals surface area contributed by atoms with E-state index in [9.17, 15) is 35.9 Å². The molecule has 2 aromatic carbocycles. The summed E-state index contributed by atoms with van der Waals surface area (Å²) < 4.78 is 84.3. The standard InChI is InChI=1S/C27H22F6N4O2.C4H8O/c1-26(2,30)25(39)35-13-14-9-19(22(23(28)29)34-12-14)24(38)36-18-7-8-20-16(10-18)11-21(37-20)15-3-5-17(6-4-15)27(31,32)33;1-2-4-5-3-1/h3-12,23,37H,13H2,1-2H3,(H,35,39)(H,36,38);1-4H2. The Hall–Kier alpha value is -4.39. The monoisotopic (exact) mass is 620 g/mol. The van der Waals surface area contributed by atoms with Gasteiger partial charge in [0.05, 0.1) is 11.1 Å². The molecule has 3 heterocycles. The summed E-state index contributed by atoms with van der Waals surface area (Å²) in [5.74, 6) is -1.79. The van der Waals surface area contributed by atoms with Crippen molar-refractivity contribution >= 4 is 28.4 Å². The zero-order valence-corrected chi connectivity index (χ0v) is 23.8. The number of aromatic amines is 1. The molecule has 1 fully saturated rings. The van der Waals surface area contributed by atoms with E-state index in [-0.39, 0.29) is 17.8 Å². The predicted molar refractivity (Wildman–Crippen MR) is 153 cm³/mol. The first-order chi connectivity index (χ1) is 20.7. The number of nitrogens with one attached hydrogen (secondary N) is 3. The maximum atomic E-state index is 13.7. The predicted octanol–water partition coefficient (Wildman–Crippen LogP) is 7.60. The number of carbonyl (C=O) groups is 2. The lowest BCUT2D eigenvalue weighted by Gasteiger charge is -2.15. The maximum absolute atomic E-state index is 13.7. The number of halogens is 6. The molecule has 0 unspecified atom stereocenters. The Labute approximate surface area is 249 Å². The minimum absolute atomic E-state index is 0.212. The number of amides is 2. The summed E-state index contributed by atoms with van der Waals surface area (Å²) in [5, 5.41) is 5.47. The van der Waals surface area contributed by atoms with E-state index in [0.717, 1.165) is 51.5 Å². The van der Waals surface area contributed by atoms with Crippen LogP contribution in [0.1, 0.15) is 60.3 Å². The third-order valence-electron chi connectivity index (χ3n) is 6.65. The maximum Gasteiger partial charge on any atom is 0.416 e. The van der Waals surface area contributed by atoms with Crippen molar-refractivity contribution in [3.8, 4) is 11.3 Å². The van der Waals surface area contributed by atoms with E-state index in [2.05, 4.69) is 20.6 Å². The highest BCUT2D eigenvalue weighted by molar-refractivity contribution is 6.06. The number of anilines is 1. The molecule has 2 aromatic heterocycles. The van der Waals surface area contributed by atoms with Crippen molar-refractivity contribution in [3.63, 3.8) is 0 Å². The van der Waals surface area contributed by atoms with E-state index in [0.29, 0.717) is 22.2 Å². The lowest BCUT2D eigenvalue weighted by molar-refractivity contribution is -0.137. The number of ether oxygens (including phenoxy) is 1. The fraction of sp³-hybridized carbons (Fsp3) is 0.323. The molecule has 1 aliphatic rings. The van der Waals surface area contributed by atoms with Crippen LogP contribution in [0.4, 0.5) is 32.0 Å². The van der Waals surface area contributed by atoms with Crippen LogP contribution < -0.4 is 10.6 Å². The van der Waals surface area contributed by atoms with Crippen molar-refractivity contribution in [1.82, 2.24) is 15.3 Å². The van der Waals surface area contributed by atoms with E-state index >= 15 is 0 Å². The van der Waals surface area contributed by atoms with Crippen molar-refractivity contribution in [2.24, 2.45) is 0 Å². The number of hydrogen-bond acceptors (Lipinski definition) is 4. The Balaban J connectivity index is 0.000000802. The minimum Gasteiger partial charge on any atom is -0.381 e. The Bertz CT molecular complexity index is 1600. The van der Waals surface area contributed by atoms with Crippen LogP contribution >= 0.6 is 0 Å². The van der Waals surface area contributed by atoms with E-state index < -0.39 is 46.9 Å². The second-order valence-corrected chi connectivity index (χ2v) is 10.6. The highest BCUT2D eigenvalue weighted by atomic mass is 19.4. The Morgan fingerprint density at radius 1 is 0.977 bits per heavy atom. The molecular formula is C31H30F6N4O3. The molecular weight excluding hydrogens is 590 g/mol. The molecule has 1 aliphatic heterocycles. The molecule has 7 nitrogen and oxygen atoms in total. The van der Waals surface area contributed by atoms with Crippen LogP contribution in [0.5, 0.6) is 0 Å². The normalized spacial score (nSPS) is 13.5. The van der Waals surface area contributed by atoms with Crippen LogP contribution in [0.2, 0.25) is 0 Å². The summed E-state index contributed by atoms with van der Waals surface area (Å²) in [5.41, 5.74) is -1.95. The summed E-state index contributed by atoms with van der Waals surface area (Å²) in [7, 11) is 0. The van der Waals surface area contributed by atoms with E-state index in [4.69, 9.17) is 4.74 Å². The quantitative estimate of drug-likeness (QED) is 0.186. The van der Waals surface area contributed by atoms with Crippen LogP contribution in [0.25, 0.3) is 22.2 Å². The molecule has 0 bridgehead atoms. The number of H-pyrrole nitrogens is 1. The molecule has 5 rings (SSSR count). The molecule has 0 radical (unpaired) electrons. The lowest BCUT2D eigenvalue weighted by atomic mass is 10.1. The summed E-state index contributed by atoms with van der Waals surface area (Å²) >= 11 is 0. The second-order valence-electron chi connectivity index (χ2n) is 10.6. The number of carbonyl (C=O) groups excluding carboxylic acids is 2. The van der Waals surface area contributed by atoms with Crippen LogP contribution in [-0.4, -0.2) is 40.7 Å². The summed E-state index contributed by atoms with van der Waals surface area (Å²) in [4.78, 5) is 31.4. The lowest BCUT2D eigenvalue weighted by Crippen LogP contribution is -2.38. The van der Waals surface area contributed by atoms with Gasteiger partial charge in [-0.05, 0) is 80.3 Å². The first-order valence-electron chi connectivity index (χ1n) is 13.7. The first kappa shape index (κ1) is 32.5. The first-order valence-corrected chi connectivity index (χ1v) is 13.7. The zero-order valence-electron chi connectivity index (χ0n) is 23.8. The van der Waals surface area contributed by atoms with Gasteiger partial charge in [0.1, 0.15) is 5.69 Å². The SMILES string of the molecule is C1CCOC1.CC(C)(F)C(=O)NCc1cnc(C(F)F)c(C(=O)Nc2ccc3[nH]c(-c4ccc(C(F)(F)F)cc4)cc3c2)c1. The number of nitrogens with zero attached hydrogens (tertiary/aromatic N) is 1. The number of aromatic nitrogens is 2. The molecule has 1 saturated heterocycles. The fourth-order valence-electron chi connectivity index (χ4n) is 4.28. The molecule has 4 aromatic rings. The van der Waals surface area contributed by atoms with Gasteiger partial charge in [-0.2, -0.15) is 13.2 Å². The smallest absolute Gasteiger partial charge is 0.381 e. The van der Waals surface area contributed by atoms with Crippen LogP contribution in [0.3, 0.4) is 0 Å². The third-order valence-corrected chi connectivity index (χ3v) is 6.65. The van der Waals surface area contributed by atoms with Gasteiger partial charge in [0.15, 0.2) is 5.67 Å². The van der Waals surface area contributed by atoms with Gasteiger partial charge in [-0.25, -0.2) is 13.2 Å². The fourth-order valence-corrected chi connectivity index (χ4v) is 4.28. The second kappa shape index (κ2) is 13.5. The molecule has 0 aliphatic carbocycles. The molecule has 234 valence electrons.